The second-order valence-electron chi connectivity index (χ2n) is 3.30. The first-order valence-corrected chi connectivity index (χ1v) is 4.28. The summed E-state index contributed by atoms with van der Waals surface area (Å²) in [4.78, 5) is 0. The quantitative estimate of drug-likeness (QED) is 0.639. The fraction of sp³-hybridized carbons (Fsp3) is 0.455. The molecule has 2 N–H and O–H groups in total. The summed E-state index contributed by atoms with van der Waals surface area (Å²) in [6.07, 6.45) is 3.94. The molecule has 1 heteroatoms. The Hall–Kier alpha value is -0.980. The molecule has 0 aliphatic heterocycles. The molecular weight excluding hydrogens is 146 g/mol. The Morgan fingerprint density at radius 3 is 2.25 bits per heavy atom. The minimum atomic E-state index is 0.466. The maximum atomic E-state index is 5.80. The summed E-state index contributed by atoms with van der Waals surface area (Å²) in [7, 11) is 0. The Balaban J connectivity index is 4.47. The van der Waals surface area contributed by atoms with Crippen molar-refractivity contribution >= 4 is 0 Å². The van der Waals surface area contributed by atoms with Crippen LogP contribution in [0.2, 0.25) is 0 Å². The number of hydrogen-bond donors (Lipinski definition) is 1. The Labute approximate surface area is 75.7 Å². The molecule has 0 saturated heterocycles. The van der Waals surface area contributed by atoms with E-state index >= 15 is 0 Å². The fourth-order valence-corrected chi connectivity index (χ4v) is 0.647. The average molecular weight is 165 g/mol. The highest BCUT2D eigenvalue weighted by Crippen LogP contribution is 2.12. The molecule has 0 saturated carbocycles. The summed E-state index contributed by atoms with van der Waals surface area (Å²) in [5, 5.41) is 0. The molecule has 0 spiro atoms. The fourth-order valence-electron chi connectivity index (χ4n) is 0.647. The van der Waals surface area contributed by atoms with Crippen LogP contribution in [0.25, 0.3) is 0 Å². The van der Waals surface area contributed by atoms with Gasteiger partial charge in [-0.15, -0.1) is 0 Å². The Morgan fingerprint density at radius 2 is 1.92 bits per heavy atom. The van der Waals surface area contributed by atoms with Crippen molar-refractivity contribution in [1.29, 1.82) is 0 Å². The van der Waals surface area contributed by atoms with Gasteiger partial charge in [0.1, 0.15) is 0 Å². The molecule has 0 aliphatic carbocycles. The van der Waals surface area contributed by atoms with E-state index < -0.39 is 0 Å². The third kappa shape index (κ3) is 3.42. The van der Waals surface area contributed by atoms with Gasteiger partial charge in [-0.05, 0) is 31.4 Å². The van der Waals surface area contributed by atoms with Gasteiger partial charge in [0, 0.05) is 5.70 Å². The van der Waals surface area contributed by atoms with Crippen LogP contribution in [0.1, 0.15) is 27.7 Å². The number of nitrogens with two attached hydrogens (primary N) is 1. The van der Waals surface area contributed by atoms with Crippen molar-refractivity contribution in [1.82, 2.24) is 0 Å². The van der Waals surface area contributed by atoms with E-state index in [2.05, 4.69) is 20.4 Å². The van der Waals surface area contributed by atoms with Gasteiger partial charge >= 0.3 is 0 Å². The average Bonchev–Trinajstić information content (AvgIpc) is 2.02. The van der Waals surface area contributed by atoms with Crippen LogP contribution in [0, 0.1) is 5.92 Å². The van der Waals surface area contributed by atoms with E-state index in [-0.39, 0.29) is 0 Å². The molecule has 0 bridgehead atoms. The van der Waals surface area contributed by atoms with Gasteiger partial charge in [0.25, 0.3) is 0 Å². The van der Waals surface area contributed by atoms with E-state index in [1.54, 1.807) is 0 Å². The van der Waals surface area contributed by atoms with E-state index in [9.17, 15) is 0 Å². The zero-order chi connectivity index (χ0) is 9.72. The van der Waals surface area contributed by atoms with E-state index in [1.807, 2.05) is 26.0 Å². The highest BCUT2D eigenvalue weighted by molar-refractivity contribution is 5.32. The van der Waals surface area contributed by atoms with Crippen LogP contribution >= 0.6 is 0 Å². The van der Waals surface area contributed by atoms with Crippen LogP contribution in [0.5, 0.6) is 0 Å². The zero-order valence-corrected chi connectivity index (χ0v) is 8.52. The molecule has 0 aliphatic rings. The summed E-state index contributed by atoms with van der Waals surface area (Å²) in [5.74, 6) is 0.466. The first-order chi connectivity index (χ1) is 5.49. The molecule has 0 aromatic rings. The molecule has 0 aromatic carbocycles. The largest absolute Gasteiger partial charge is 0.399 e. The van der Waals surface area contributed by atoms with Crippen molar-refractivity contribution in [2.24, 2.45) is 11.7 Å². The van der Waals surface area contributed by atoms with Crippen LogP contribution in [-0.4, -0.2) is 0 Å². The van der Waals surface area contributed by atoms with Crippen LogP contribution in [-0.2, 0) is 0 Å². The second-order valence-corrected chi connectivity index (χ2v) is 3.30. The van der Waals surface area contributed by atoms with Gasteiger partial charge in [-0.25, -0.2) is 0 Å². The predicted octanol–water partition coefficient (Wildman–Crippen LogP) is 3.01. The SMILES string of the molecule is C=C(/C=C(N)\C(C)=C/C)C(C)C. The summed E-state index contributed by atoms with van der Waals surface area (Å²) < 4.78 is 0. The lowest BCUT2D eigenvalue weighted by atomic mass is 10.0. The van der Waals surface area contributed by atoms with Gasteiger partial charge in [0.05, 0.1) is 0 Å². The monoisotopic (exact) mass is 165 g/mol. The zero-order valence-electron chi connectivity index (χ0n) is 8.52. The molecule has 1 nitrogen and oxygen atoms in total. The van der Waals surface area contributed by atoms with Gasteiger partial charge < -0.3 is 5.73 Å². The minimum absolute atomic E-state index is 0.466. The van der Waals surface area contributed by atoms with Crippen molar-refractivity contribution in [2.75, 3.05) is 0 Å². The van der Waals surface area contributed by atoms with E-state index in [4.69, 9.17) is 5.73 Å². The highest BCUT2D eigenvalue weighted by atomic mass is 14.6. The molecule has 0 atom stereocenters. The Bertz CT molecular complexity index is 219. The molecule has 0 amide bonds. The first-order valence-electron chi connectivity index (χ1n) is 4.28. The molecule has 0 radical (unpaired) electrons. The topological polar surface area (TPSA) is 26.0 Å². The van der Waals surface area contributed by atoms with Crippen molar-refractivity contribution in [3.05, 3.63) is 35.6 Å². The number of hydrogen-bond acceptors (Lipinski definition) is 1. The van der Waals surface area contributed by atoms with Gasteiger partial charge in [0.2, 0.25) is 0 Å². The molecule has 0 unspecified atom stereocenters. The van der Waals surface area contributed by atoms with E-state index in [0.29, 0.717) is 5.92 Å². The Morgan fingerprint density at radius 1 is 1.42 bits per heavy atom. The molecule has 68 valence electrons. The Kier molecular flexibility index (Phi) is 4.42. The molecule has 0 fully saturated rings. The van der Waals surface area contributed by atoms with Gasteiger partial charge in [-0.1, -0.05) is 32.1 Å². The van der Waals surface area contributed by atoms with Gasteiger partial charge in [0.15, 0.2) is 0 Å². The third-order valence-electron chi connectivity index (χ3n) is 1.97. The maximum absolute atomic E-state index is 5.80. The van der Waals surface area contributed by atoms with E-state index in [1.165, 1.54) is 0 Å². The van der Waals surface area contributed by atoms with Crippen molar-refractivity contribution in [3.8, 4) is 0 Å². The number of rotatable bonds is 3. The van der Waals surface area contributed by atoms with Crippen LogP contribution < -0.4 is 5.73 Å². The minimum Gasteiger partial charge on any atom is -0.399 e. The molecule has 0 heterocycles. The van der Waals surface area contributed by atoms with Crippen LogP contribution in [0.3, 0.4) is 0 Å². The predicted molar refractivity (Wildman–Crippen MR) is 55.7 cm³/mol. The lowest BCUT2D eigenvalue weighted by Gasteiger charge is -2.06. The number of allylic oxidation sites excluding steroid dienone is 4. The van der Waals surface area contributed by atoms with Crippen LogP contribution in [0.15, 0.2) is 35.6 Å². The third-order valence-corrected chi connectivity index (χ3v) is 1.97. The van der Waals surface area contributed by atoms with Gasteiger partial charge in [-0.2, -0.15) is 0 Å². The first kappa shape index (κ1) is 11.0. The second kappa shape index (κ2) is 4.81. The van der Waals surface area contributed by atoms with Crippen molar-refractivity contribution < 1.29 is 0 Å². The van der Waals surface area contributed by atoms with Gasteiger partial charge in [-0.3, -0.25) is 0 Å². The van der Waals surface area contributed by atoms with E-state index in [0.717, 1.165) is 16.8 Å². The highest BCUT2D eigenvalue weighted by Gasteiger charge is 1.98. The van der Waals surface area contributed by atoms with Crippen molar-refractivity contribution in [2.45, 2.75) is 27.7 Å². The summed E-state index contributed by atoms with van der Waals surface area (Å²) in [6.45, 7) is 12.1. The molecule has 12 heavy (non-hydrogen) atoms. The molecular formula is C11H19N. The summed E-state index contributed by atoms with van der Waals surface area (Å²) in [6, 6.07) is 0. The molecule has 0 aromatic heterocycles. The van der Waals surface area contributed by atoms with Crippen molar-refractivity contribution in [3.63, 3.8) is 0 Å². The van der Waals surface area contributed by atoms with Crippen LogP contribution in [0.4, 0.5) is 0 Å². The summed E-state index contributed by atoms with van der Waals surface area (Å²) in [5.41, 5.74) is 8.80. The normalized spacial score (nSPS) is 13.8. The molecule has 0 rings (SSSR count). The standard InChI is InChI=1S/C11H19N/c1-6-9(4)11(12)7-10(5)8(2)3/h6-8H,5,12H2,1-4H3/b9-6-,11-7+. The smallest absolute Gasteiger partial charge is 0.0343 e. The summed E-state index contributed by atoms with van der Waals surface area (Å²) >= 11 is 0. The lowest BCUT2D eigenvalue weighted by Crippen LogP contribution is -2.00. The lowest BCUT2D eigenvalue weighted by molar-refractivity contribution is 0.793. The maximum Gasteiger partial charge on any atom is 0.0343 e.